The summed E-state index contributed by atoms with van der Waals surface area (Å²) in [6.45, 7) is 0. The normalized spacial score (nSPS) is 12.7. The van der Waals surface area contributed by atoms with Crippen molar-refractivity contribution in [2.45, 2.75) is 6.04 Å². The zero-order chi connectivity index (χ0) is 12.4. The van der Waals surface area contributed by atoms with Crippen LogP contribution in [0.25, 0.3) is 0 Å². The molecule has 0 spiro atoms. The molecule has 1 nitrogen and oxygen atoms in total. The molecule has 0 aliphatic heterocycles. The summed E-state index contributed by atoms with van der Waals surface area (Å²) in [7, 11) is 1.81. The molecule has 17 heavy (non-hydrogen) atoms. The number of thiophene rings is 1. The minimum absolute atomic E-state index is 0.149. The fraction of sp³-hybridized carbons (Fsp3) is 0.167. The first-order valence-electron chi connectivity index (χ1n) is 4.99. The van der Waals surface area contributed by atoms with Crippen molar-refractivity contribution in [1.82, 2.24) is 5.32 Å². The van der Waals surface area contributed by atoms with Crippen molar-refractivity contribution in [3.63, 3.8) is 0 Å². The van der Waals surface area contributed by atoms with Crippen LogP contribution in [0.2, 0.25) is 5.02 Å². The van der Waals surface area contributed by atoms with Gasteiger partial charge in [0.1, 0.15) is 5.82 Å². The van der Waals surface area contributed by atoms with Gasteiger partial charge in [0.2, 0.25) is 0 Å². The van der Waals surface area contributed by atoms with Crippen LogP contribution in [0.1, 0.15) is 16.5 Å². The van der Waals surface area contributed by atoms with Crippen LogP contribution in [-0.2, 0) is 0 Å². The lowest BCUT2D eigenvalue weighted by Crippen LogP contribution is -2.17. The highest BCUT2D eigenvalue weighted by Crippen LogP contribution is 2.32. The van der Waals surface area contributed by atoms with Crippen LogP contribution in [0, 0.1) is 5.82 Å². The number of rotatable bonds is 3. The summed E-state index contributed by atoms with van der Waals surface area (Å²) in [5.74, 6) is -0.290. The minimum atomic E-state index is -0.290. The number of benzene rings is 1. The molecule has 90 valence electrons. The van der Waals surface area contributed by atoms with Gasteiger partial charge in [0.15, 0.2) is 0 Å². The molecule has 1 N–H and O–H groups in total. The molecule has 1 heterocycles. The van der Waals surface area contributed by atoms with E-state index in [1.165, 1.54) is 6.07 Å². The van der Waals surface area contributed by atoms with Crippen molar-refractivity contribution < 1.29 is 4.39 Å². The van der Waals surface area contributed by atoms with Gasteiger partial charge in [-0.3, -0.25) is 0 Å². The van der Waals surface area contributed by atoms with Crippen molar-refractivity contribution in [2.75, 3.05) is 7.05 Å². The Balaban J connectivity index is 2.42. The Morgan fingerprint density at radius 1 is 1.35 bits per heavy atom. The zero-order valence-electron chi connectivity index (χ0n) is 9.01. The maximum absolute atomic E-state index is 13.8. The molecule has 0 saturated carbocycles. The van der Waals surface area contributed by atoms with Crippen LogP contribution < -0.4 is 5.32 Å². The first-order chi connectivity index (χ1) is 8.11. The second-order valence-electron chi connectivity index (χ2n) is 3.53. The van der Waals surface area contributed by atoms with Gasteiger partial charge < -0.3 is 5.32 Å². The largest absolute Gasteiger partial charge is 0.309 e. The van der Waals surface area contributed by atoms with Crippen molar-refractivity contribution in [1.29, 1.82) is 0 Å². The monoisotopic (exact) mass is 333 g/mol. The standard InChI is InChI=1S/C12H10BrClFNS/c1-16-12(10-4-5-11(13)17-10)8-3-2-7(14)6-9(8)15/h2-6,12,16H,1H3. The third-order valence-electron chi connectivity index (χ3n) is 2.44. The lowest BCUT2D eigenvalue weighted by atomic mass is 10.1. The Morgan fingerprint density at radius 3 is 2.65 bits per heavy atom. The highest BCUT2D eigenvalue weighted by Gasteiger charge is 2.17. The molecule has 5 heteroatoms. The molecule has 0 radical (unpaired) electrons. The van der Waals surface area contributed by atoms with Gasteiger partial charge in [-0.15, -0.1) is 11.3 Å². The van der Waals surface area contributed by atoms with E-state index in [0.29, 0.717) is 10.6 Å². The van der Waals surface area contributed by atoms with E-state index in [-0.39, 0.29) is 11.9 Å². The SMILES string of the molecule is CNC(c1ccc(Br)s1)c1ccc(Cl)cc1F. The Kier molecular flexibility index (Phi) is 4.20. The molecule has 0 aliphatic carbocycles. The average molecular weight is 335 g/mol. The maximum Gasteiger partial charge on any atom is 0.129 e. The minimum Gasteiger partial charge on any atom is -0.309 e. The summed E-state index contributed by atoms with van der Waals surface area (Å²) in [5, 5.41) is 3.53. The lowest BCUT2D eigenvalue weighted by Gasteiger charge is -2.15. The quantitative estimate of drug-likeness (QED) is 0.864. The smallest absolute Gasteiger partial charge is 0.129 e. The molecule has 0 aliphatic rings. The molecule has 2 rings (SSSR count). The highest BCUT2D eigenvalue weighted by molar-refractivity contribution is 9.11. The van der Waals surface area contributed by atoms with Crippen LogP contribution in [0.5, 0.6) is 0 Å². The third-order valence-corrected chi connectivity index (χ3v) is 4.36. The molecule has 1 unspecified atom stereocenters. The molecule has 1 atom stereocenters. The average Bonchev–Trinajstić information content (AvgIpc) is 2.69. The predicted octanol–water partition coefficient (Wildman–Crippen LogP) is 4.61. The molecule has 0 saturated heterocycles. The molecular weight excluding hydrogens is 325 g/mol. The van der Waals surface area contributed by atoms with Crippen LogP contribution in [0.15, 0.2) is 34.1 Å². The number of hydrogen-bond donors (Lipinski definition) is 1. The van der Waals surface area contributed by atoms with E-state index in [1.54, 1.807) is 23.5 Å². The summed E-state index contributed by atoms with van der Waals surface area (Å²) in [4.78, 5) is 1.06. The van der Waals surface area contributed by atoms with Crippen LogP contribution in [-0.4, -0.2) is 7.05 Å². The first kappa shape index (κ1) is 13.0. The van der Waals surface area contributed by atoms with Gasteiger partial charge in [-0.1, -0.05) is 17.7 Å². The van der Waals surface area contributed by atoms with Crippen molar-refractivity contribution >= 4 is 38.9 Å². The second-order valence-corrected chi connectivity index (χ2v) is 6.46. The van der Waals surface area contributed by atoms with E-state index in [0.717, 1.165) is 8.66 Å². The van der Waals surface area contributed by atoms with Crippen LogP contribution >= 0.6 is 38.9 Å². The van der Waals surface area contributed by atoms with Gasteiger partial charge in [-0.2, -0.15) is 0 Å². The summed E-state index contributed by atoms with van der Waals surface area (Å²) in [5.41, 5.74) is 0.603. The van der Waals surface area contributed by atoms with Gasteiger partial charge in [-0.05, 0) is 47.2 Å². The third kappa shape index (κ3) is 2.88. The van der Waals surface area contributed by atoms with E-state index in [1.807, 2.05) is 19.2 Å². The Bertz CT molecular complexity index is 529. The van der Waals surface area contributed by atoms with E-state index < -0.39 is 0 Å². The summed E-state index contributed by atoms with van der Waals surface area (Å²) >= 11 is 10.7. The molecule has 0 fully saturated rings. The molecule has 0 bridgehead atoms. The van der Waals surface area contributed by atoms with Crippen molar-refractivity contribution in [3.8, 4) is 0 Å². The fourth-order valence-corrected chi connectivity index (χ4v) is 3.38. The summed E-state index contributed by atoms with van der Waals surface area (Å²) < 4.78 is 14.9. The van der Waals surface area contributed by atoms with Gasteiger partial charge in [-0.25, -0.2) is 4.39 Å². The Labute approximate surface area is 117 Å². The van der Waals surface area contributed by atoms with Crippen molar-refractivity contribution in [2.24, 2.45) is 0 Å². The Morgan fingerprint density at radius 2 is 2.12 bits per heavy atom. The van der Waals surface area contributed by atoms with Gasteiger partial charge in [0.05, 0.1) is 9.83 Å². The number of hydrogen-bond acceptors (Lipinski definition) is 2. The van der Waals surface area contributed by atoms with Gasteiger partial charge in [0.25, 0.3) is 0 Å². The fourth-order valence-electron chi connectivity index (χ4n) is 1.67. The maximum atomic E-state index is 13.8. The zero-order valence-corrected chi connectivity index (χ0v) is 12.2. The molecule has 0 amide bonds. The van der Waals surface area contributed by atoms with Gasteiger partial charge in [0, 0.05) is 15.5 Å². The van der Waals surface area contributed by atoms with Gasteiger partial charge >= 0.3 is 0 Å². The van der Waals surface area contributed by atoms with E-state index in [9.17, 15) is 4.39 Å². The Hall–Kier alpha value is -0.420. The van der Waals surface area contributed by atoms with E-state index in [4.69, 9.17) is 11.6 Å². The van der Waals surface area contributed by atoms with Crippen molar-refractivity contribution in [3.05, 3.63) is 55.4 Å². The van der Waals surface area contributed by atoms with E-state index in [2.05, 4.69) is 21.2 Å². The molecule has 1 aromatic carbocycles. The number of nitrogens with one attached hydrogen (secondary N) is 1. The lowest BCUT2D eigenvalue weighted by molar-refractivity contribution is 0.579. The molecule has 2 aromatic rings. The number of halogens is 3. The summed E-state index contributed by atoms with van der Waals surface area (Å²) in [6, 6.07) is 8.54. The van der Waals surface area contributed by atoms with Crippen LogP contribution in [0.4, 0.5) is 4.39 Å². The summed E-state index contributed by atoms with van der Waals surface area (Å²) in [6.07, 6.45) is 0. The highest BCUT2D eigenvalue weighted by atomic mass is 79.9. The first-order valence-corrected chi connectivity index (χ1v) is 6.98. The second kappa shape index (κ2) is 5.48. The predicted molar refractivity (Wildman–Crippen MR) is 74.3 cm³/mol. The van der Waals surface area contributed by atoms with E-state index >= 15 is 0 Å². The molecular formula is C12H10BrClFNS. The topological polar surface area (TPSA) is 12.0 Å². The molecule has 1 aromatic heterocycles. The van der Waals surface area contributed by atoms with Crippen LogP contribution in [0.3, 0.4) is 0 Å².